The van der Waals surface area contributed by atoms with Crippen LogP contribution in [0.5, 0.6) is 0 Å². The number of carbonyl (C=O) groups is 1. The second-order valence-electron chi connectivity index (χ2n) is 5.39. The summed E-state index contributed by atoms with van der Waals surface area (Å²) in [6, 6.07) is 9.67. The molecule has 5 heteroatoms. The molecule has 2 aromatic rings. The quantitative estimate of drug-likeness (QED) is 0.905. The van der Waals surface area contributed by atoms with Crippen LogP contribution in [-0.4, -0.2) is 21.9 Å². The van der Waals surface area contributed by atoms with Crippen molar-refractivity contribution in [2.45, 2.75) is 32.7 Å². The number of hydrogen-bond acceptors (Lipinski definition) is 4. The van der Waals surface area contributed by atoms with Gasteiger partial charge in [-0.05, 0) is 44.9 Å². The monoisotopic (exact) mass is 282 g/mol. The number of benzene rings is 1. The third-order valence-corrected chi connectivity index (χ3v) is 3.31. The number of amides is 1. The number of para-hydroxylation sites is 1. The van der Waals surface area contributed by atoms with Crippen molar-refractivity contribution >= 4 is 17.5 Å². The molecule has 1 amide bonds. The Bertz CT molecular complexity index is 659. The Kier molecular flexibility index (Phi) is 3.56. The molecule has 0 spiro atoms. The predicted octanol–water partition coefficient (Wildman–Crippen LogP) is 2.73. The molecular formula is C16H18N4O. The maximum Gasteiger partial charge on any atom is 0.253 e. The summed E-state index contributed by atoms with van der Waals surface area (Å²) in [6.45, 7) is 3.84. The Balaban J connectivity index is 1.85. The summed E-state index contributed by atoms with van der Waals surface area (Å²) in [4.78, 5) is 20.9. The van der Waals surface area contributed by atoms with E-state index in [0.717, 1.165) is 29.9 Å². The fourth-order valence-electron chi connectivity index (χ4n) is 2.18. The SMILES string of the molecule is Cc1cc(C)nc(Nc2ccccc2C(=O)NC2CC2)n1. The lowest BCUT2D eigenvalue weighted by Crippen LogP contribution is -2.26. The second-order valence-corrected chi connectivity index (χ2v) is 5.39. The van der Waals surface area contributed by atoms with Crippen molar-refractivity contribution in [3.8, 4) is 0 Å². The van der Waals surface area contributed by atoms with Crippen LogP contribution < -0.4 is 10.6 Å². The van der Waals surface area contributed by atoms with Crippen LogP contribution in [0.3, 0.4) is 0 Å². The van der Waals surface area contributed by atoms with Crippen LogP contribution in [0.1, 0.15) is 34.6 Å². The number of nitrogens with zero attached hydrogens (tertiary/aromatic N) is 2. The minimum Gasteiger partial charge on any atom is -0.349 e. The van der Waals surface area contributed by atoms with E-state index in [9.17, 15) is 4.79 Å². The second kappa shape index (κ2) is 5.52. The van der Waals surface area contributed by atoms with Crippen molar-refractivity contribution in [3.63, 3.8) is 0 Å². The number of rotatable bonds is 4. The van der Waals surface area contributed by atoms with E-state index in [1.165, 1.54) is 0 Å². The summed E-state index contributed by atoms with van der Waals surface area (Å²) >= 11 is 0. The van der Waals surface area contributed by atoms with Gasteiger partial charge in [0.25, 0.3) is 5.91 Å². The van der Waals surface area contributed by atoms with Crippen LogP contribution in [0, 0.1) is 13.8 Å². The van der Waals surface area contributed by atoms with Gasteiger partial charge in [-0.15, -0.1) is 0 Å². The van der Waals surface area contributed by atoms with Gasteiger partial charge in [-0.1, -0.05) is 12.1 Å². The molecule has 0 aliphatic heterocycles. The van der Waals surface area contributed by atoms with E-state index >= 15 is 0 Å². The molecule has 108 valence electrons. The normalized spacial score (nSPS) is 13.8. The van der Waals surface area contributed by atoms with Crippen molar-refractivity contribution in [1.29, 1.82) is 0 Å². The lowest BCUT2D eigenvalue weighted by Gasteiger charge is -2.11. The van der Waals surface area contributed by atoms with E-state index < -0.39 is 0 Å². The average Bonchev–Trinajstić information content (AvgIpc) is 3.22. The molecule has 21 heavy (non-hydrogen) atoms. The maximum atomic E-state index is 12.2. The van der Waals surface area contributed by atoms with Crippen molar-refractivity contribution in [3.05, 3.63) is 47.3 Å². The van der Waals surface area contributed by atoms with Gasteiger partial charge in [0.15, 0.2) is 0 Å². The fourth-order valence-corrected chi connectivity index (χ4v) is 2.18. The van der Waals surface area contributed by atoms with Crippen molar-refractivity contribution in [1.82, 2.24) is 15.3 Å². The molecule has 5 nitrogen and oxygen atoms in total. The Morgan fingerprint density at radius 1 is 1.14 bits per heavy atom. The fraction of sp³-hybridized carbons (Fsp3) is 0.312. The van der Waals surface area contributed by atoms with Gasteiger partial charge in [-0.2, -0.15) is 0 Å². The smallest absolute Gasteiger partial charge is 0.253 e. The summed E-state index contributed by atoms with van der Waals surface area (Å²) in [5.41, 5.74) is 3.13. The van der Waals surface area contributed by atoms with Crippen LogP contribution in [0.2, 0.25) is 0 Å². The lowest BCUT2D eigenvalue weighted by atomic mass is 10.1. The molecule has 2 N–H and O–H groups in total. The maximum absolute atomic E-state index is 12.2. The predicted molar refractivity (Wildman–Crippen MR) is 81.7 cm³/mol. The molecule has 1 heterocycles. The van der Waals surface area contributed by atoms with Gasteiger partial charge in [-0.3, -0.25) is 4.79 Å². The first-order valence-corrected chi connectivity index (χ1v) is 7.11. The standard InChI is InChI=1S/C16H18N4O/c1-10-9-11(2)18-16(17-10)20-14-6-4-3-5-13(14)15(21)19-12-7-8-12/h3-6,9,12H,7-8H2,1-2H3,(H,19,21)(H,17,18,20). The van der Waals surface area contributed by atoms with E-state index in [1.54, 1.807) is 0 Å². The van der Waals surface area contributed by atoms with Crippen molar-refractivity contribution in [2.24, 2.45) is 0 Å². The first kappa shape index (κ1) is 13.5. The molecule has 0 atom stereocenters. The third kappa shape index (κ3) is 3.37. The van der Waals surface area contributed by atoms with E-state index in [1.807, 2.05) is 44.2 Å². The summed E-state index contributed by atoms with van der Waals surface area (Å²) in [6.07, 6.45) is 2.14. The Hall–Kier alpha value is -2.43. The highest BCUT2D eigenvalue weighted by Gasteiger charge is 2.24. The highest BCUT2D eigenvalue weighted by atomic mass is 16.1. The van der Waals surface area contributed by atoms with Gasteiger partial charge >= 0.3 is 0 Å². The molecule has 0 unspecified atom stereocenters. The third-order valence-electron chi connectivity index (χ3n) is 3.31. The Morgan fingerprint density at radius 3 is 2.48 bits per heavy atom. The number of nitrogens with one attached hydrogen (secondary N) is 2. The zero-order valence-electron chi connectivity index (χ0n) is 12.2. The largest absolute Gasteiger partial charge is 0.349 e. The summed E-state index contributed by atoms with van der Waals surface area (Å²) in [5, 5.41) is 6.15. The van der Waals surface area contributed by atoms with Gasteiger partial charge in [0.2, 0.25) is 5.95 Å². The number of carbonyl (C=O) groups excluding carboxylic acids is 1. The van der Waals surface area contributed by atoms with Crippen LogP contribution >= 0.6 is 0 Å². The molecule has 1 aromatic heterocycles. The van der Waals surface area contributed by atoms with Gasteiger partial charge in [0.05, 0.1) is 11.3 Å². The van der Waals surface area contributed by atoms with Crippen LogP contribution in [0.15, 0.2) is 30.3 Å². The van der Waals surface area contributed by atoms with Crippen molar-refractivity contribution in [2.75, 3.05) is 5.32 Å². The molecule has 0 bridgehead atoms. The minimum atomic E-state index is -0.0509. The number of anilines is 2. The zero-order valence-corrected chi connectivity index (χ0v) is 12.2. The van der Waals surface area contributed by atoms with Gasteiger partial charge in [0, 0.05) is 17.4 Å². The Labute approximate surface area is 123 Å². The first-order valence-electron chi connectivity index (χ1n) is 7.11. The van der Waals surface area contributed by atoms with Crippen LogP contribution in [0.4, 0.5) is 11.6 Å². The molecule has 1 fully saturated rings. The lowest BCUT2D eigenvalue weighted by molar-refractivity contribution is 0.0952. The number of aromatic nitrogens is 2. The van der Waals surface area contributed by atoms with E-state index in [2.05, 4.69) is 20.6 Å². The van der Waals surface area contributed by atoms with Crippen molar-refractivity contribution < 1.29 is 4.79 Å². The molecule has 3 rings (SSSR count). The molecular weight excluding hydrogens is 264 g/mol. The first-order chi connectivity index (χ1) is 10.1. The molecule has 0 saturated heterocycles. The summed E-state index contributed by atoms with van der Waals surface area (Å²) < 4.78 is 0. The minimum absolute atomic E-state index is 0.0509. The van der Waals surface area contributed by atoms with E-state index in [0.29, 0.717) is 17.6 Å². The van der Waals surface area contributed by atoms with E-state index in [4.69, 9.17) is 0 Å². The molecule has 1 saturated carbocycles. The average molecular weight is 282 g/mol. The zero-order chi connectivity index (χ0) is 14.8. The van der Waals surface area contributed by atoms with Gasteiger partial charge in [0.1, 0.15) is 0 Å². The highest BCUT2D eigenvalue weighted by Crippen LogP contribution is 2.23. The number of aryl methyl sites for hydroxylation is 2. The van der Waals surface area contributed by atoms with Gasteiger partial charge < -0.3 is 10.6 Å². The van der Waals surface area contributed by atoms with E-state index in [-0.39, 0.29) is 5.91 Å². The molecule has 1 aliphatic rings. The summed E-state index contributed by atoms with van der Waals surface area (Å²) in [7, 11) is 0. The number of hydrogen-bond donors (Lipinski definition) is 2. The topological polar surface area (TPSA) is 66.9 Å². The van der Waals surface area contributed by atoms with Crippen LogP contribution in [0.25, 0.3) is 0 Å². The molecule has 1 aliphatic carbocycles. The van der Waals surface area contributed by atoms with Crippen LogP contribution in [-0.2, 0) is 0 Å². The van der Waals surface area contributed by atoms with Gasteiger partial charge in [-0.25, -0.2) is 9.97 Å². The molecule has 0 radical (unpaired) electrons. The summed E-state index contributed by atoms with van der Waals surface area (Å²) in [5.74, 6) is 0.462. The Morgan fingerprint density at radius 2 is 1.81 bits per heavy atom. The highest BCUT2D eigenvalue weighted by molar-refractivity contribution is 6.00. The molecule has 1 aromatic carbocycles.